The van der Waals surface area contributed by atoms with Gasteiger partial charge in [-0.3, -0.25) is 4.79 Å². The van der Waals surface area contributed by atoms with E-state index in [-0.39, 0.29) is 18.8 Å². The monoisotopic (exact) mass is 204 g/mol. The fourth-order valence-electron chi connectivity index (χ4n) is 1.51. The second-order valence-corrected chi connectivity index (χ2v) is 3.47. The fraction of sp³-hybridized carbons (Fsp3) is 0.889. The van der Waals surface area contributed by atoms with Crippen molar-refractivity contribution in [2.75, 3.05) is 6.61 Å². The molecule has 0 bridgehead atoms. The molecule has 0 saturated carbocycles. The van der Waals surface area contributed by atoms with Gasteiger partial charge in [-0.2, -0.15) is 0 Å². The molecule has 5 heteroatoms. The van der Waals surface area contributed by atoms with Crippen molar-refractivity contribution >= 4 is 5.78 Å². The minimum Gasteiger partial charge on any atom is -0.394 e. The molecule has 1 saturated heterocycles. The second kappa shape index (κ2) is 4.84. The molecule has 1 fully saturated rings. The summed E-state index contributed by atoms with van der Waals surface area (Å²) < 4.78 is 5.14. The molecule has 82 valence electrons. The largest absolute Gasteiger partial charge is 0.394 e. The summed E-state index contributed by atoms with van der Waals surface area (Å²) in [4.78, 5) is 11.1. The highest BCUT2D eigenvalue weighted by Gasteiger charge is 2.42. The molecule has 5 nitrogen and oxygen atoms in total. The molecule has 0 amide bonds. The average molecular weight is 204 g/mol. The molecule has 1 aliphatic heterocycles. The van der Waals surface area contributed by atoms with Gasteiger partial charge in [0.15, 0.2) is 0 Å². The standard InChI is InChI=1S/C9H16O5/c1-2-5(11)3-6-8(12)9(13)7(4-10)14-6/h6-10,12-13H,2-4H2,1H3/t6-,7-,8-,9+/m1/s1. The normalized spacial score (nSPS) is 37.4. The van der Waals surface area contributed by atoms with Crippen LogP contribution in [0.1, 0.15) is 19.8 Å². The molecule has 0 spiro atoms. The highest BCUT2D eigenvalue weighted by Crippen LogP contribution is 2.23. The summed E-state index contributed by atoms with van der Waals surface area (Å²) in [6, 6.07) is 0. The van der Waals surface area contributed by atoms with E-state index in [1.807, 2.05) is 0 Å². The molecule has 0 unspecified atom stereocenters. The van der Waals surface area contributed by atoms with Crippen LogP contribution in [-0.4, -0.2) is 52.1 Å². The number of aliphatic hydroxyl groups excluding tert-OH is 3. The minimum absolute atomic E-state index is 0.0279. The van der Waals surface area contributed by atoms with Crippen LogP contribution in [0, 0.1) is 0 Å². The average Bonchev–Trinajstić information content (AvgIpc) is 2.45. The SMILES string of the molecule is CCC(=O)C[C@H]1O[C@H](CO)[C@H](O)[C@@H]1O. The first-order chi connectivity index (χ1) is 6.60. The molecule has 1 heterocycles. The van der Waals surface area contributed by atoms with E-state index >= 15 is 0 Å². The summed E-state index contributed by atoms with van der Waals surface area (Å²) in [6.45, 7) is 1.37. The van der Waals surface area contributed by atoms with Crippen molar-refractivity contribution in [1.29, 1.82) is 0 Å². The molecule has 14 heavy (non-hydrogen) atoms. The zero-order chi connectivity index (χ0) is 10.7. The van der Waals surface area contributed by atoms with Gasteiger partial charge in [0, 0.05) is 12.8 Å². The molecule has 0 aromatic carbocycles. The quantitative estimate of drug-likeness (QED) is 0.537. The lowest BCUT2D eigenvalue weighted by molar-refractivity contribution is -0.123. The Balaban J connectivity index is 2.52. The van der Waals surface area contributed by atoms with Crippen molar-refractivity contribution in [3.63, 3.8) is 0 Å². The fourth-order valence-corrected chi connectivity index (χ4v) is 1.51. The highest BCUT2D eigenvalue weighted by molar-refractivity contribution is 5.78. The van der Waals surface area contributed by atoms with Gasteiger partial charge in [0.05, 0.1) is 12.7 Å². The molecule has 0 radical (unpaired) electrons. The molecule has 1 aliphatic rings. The Morgan fingerprint density at radius 2 is 1.86 bits per heavy atom. The zero-order valence-corrected chi connectivity index (χ0v) is 8.09. The van der Waals surface area contributed by atoms with Crippen LogP contribution in [0.15, 0.2) is 0 Å². The van der Waals surface area contributed by atoms with E-state index in [0.717, 1.165) is 0 Å². The van der Waals surface area contributed by atoms with Crippen LogP contribution >= 0.6 is 0 Å². The first-order valence-corrected chi connectivity index (χ1v) is 4.74. The summed E-state index contributed by atoms with van der Waals surface area (Å²) in [7, 11) is 0. The number of carbonyl (C=O) groups excluding carboxylic acids is 1. The number of ether oxygens (including phenoxy) is 1. The Hall–Kier alpha value is -0.490. The van der Waals surface area contributed by atoms with Gasteiger partial charge in [-0.25, -0.2) is 0 Å². The Bertz CT molecular complexity index is 205. The van der Waals surface area contributed by atoms with Gasteiger partial charge < -0.3 is 20.1 Å². The first kappa shape index (κ1) is 11.6. The van der Waals surface area contributed by atoms with Gasteiger partial charge in [-0.15, -0.1) is 0 Å². The highest BCUT2D eigenvalue weighted by atomic mass is 16.6. The van der Waals surface area contributed by atoms with Gasteiger partial charge in [-0.1, -0.05) is 6.92 Å². The van der Waals surface area contributed by atoms with E-state index in [9.17, 15) is 15.0 Å². The van der Waals surface area contributed by atoms with Crippen molar-refractivity contribution in [3.05, 3.63) is 0 Å². The summed E-state index contributed by atoms with van der Waals surface area (Å²) >= 11 is 0. The van der Waals surface area contributed by atoms with Crippen LogP contribution in [0.25, 0.3) is 0 Å². The Kier molecular flexibility index (Phi) is 4.00. The van der Waals surface area contributed by atoms with Crippen LogP contribution in [-0.2, 0) is 9.53 Å². The number of carbonyl (C=O) groups is 1. The lowest BCUT2D eigenvalue weighted by Gasteiger charge is -2.12. The van der Waals surface area contributed by atoms with E-state index in [2.05, 4.69) is 0 Å². The van der Waals surface area contributed by atoms with E-state index in [1.165, 1.54) is 0 Å². The first-order valence-electron chi connectivity index (χ1n) is 4.74. The molecular weight excluding hydrogens is 188 g/mol. The number of hydrogen-bond acceptors (Lipinski definition) is 5. The summed E-state index contributed by atoms with van der Waals surface area (Å²) in [5.41, 5.74) is 0. The molecular formula is C9H16O5. The summed E-state index contributed by atoms with van der Waals surface area (Å²) in [5.74, 6) is -0.0279. The van der Waals surface area contributed by atoms with E-state index in [1.54, 1.807) is 6.92 Å². The van der Waals surface area contributed by atoms with Crippen LogP contribution in [0.5, 0.6) is 0 Å². The zero-order valence-electron chi connectivity index (χ0n) is 8.09. The van der Waals surface area contributed by atoms with Crippen LogP contribution in [0.3, 0.4) is 0 Å². The maximum Gasteiger partial charge on any atom is 0.135 e. The maximum absolute atomic E-state index is 11.1. The van der Waals surface area contributed by atoms with Crippen LogP contribution in [0.4, 0.5) is 0 Å². The number of ketones is 1. The van der Waals surface area contributed by atoms with E-state index < -0.39 is 24.4 Å². The molecule has 0 aromatic rings. The Morgan fingerprint density at radius 1 is 1.29 bits per heavy atom. The third-order valence-corrected chi connectivity index (χ3v) is 2.46. The number of hydrogen-bond donors (Lipinski definition) is 3. The number of Topliss-reactive ketones (excluding diaryl/α,β-unsaturated/α-hetero) is 1. The van der Waals surface area contributed by atoms with Crippen molar-refractivity contribution < 1.29 is 24.9 Å². The molecule has 0 aliphatic carbocycles. The van der Waals surface area contributed by atoms with E-state index in [0.29, 0.717) is 6.42 Å². The molecule has 1 rings (SSSR count). The number of rotatable bonds is 4. The molecule has 3 N–H and O–H groups in total. The Morgan fingerprint density at radius 3 is 2.29 bits per heavy atom. The van der Waals surface area contributed by atoms with Crippen LogP contribution < -0.4 is 0 Å². The third kappa shape index (κ3) is 2.30. The van der Waals surface area contributed by atoms with Gasteiger partial charge >= 0.3 is 0 Å². The van der Waals surface area contributed by atoms with Gasteiger partial charge in [-0.05, 0) is 0 Å². The van der Waals surface area contributed by atoms with Crippen molar-refractivity contribution in [2.45, 2.75) is 44.2 Å². The molecule has 4 atom stereocenters. The second-order valence-electron chi connectivity index (χ2n) is 3.47. The van der Waals surface area contributed by atoms with Crippen molar-refractivity contribution in [3.8, 4) is 0 Å². The van der Waals surface area contributed by atoms with Crippen molar-refractivity contribution in [1.82, 2.24) is 0 Å². The van der Waals surface area contributed by atoms with Gasteiger partial charge in [0.25, 0.3) is 0 Å². The lowest BCUT2D eigenvalue weighted by Crippen LogP contribution is -2.34. The van der Waals surface area contributed by atoms with Gasteiger partial charge in [0.2, 0.25) is 0 Å². The van der Waals surface area contributed by atoms with Gasteiger partial charge in [0.1, 0.15) is 24.1 Å². The van der Waals surface area contributed by atoms with E-state index in [4.69, 9.17) is 9.84 Å². The van der Waals surface area contributed by atoms with Crippen LogP contribution in [0.2, 0.25) is 0 Å². The smallest absolute Gasteiger partial charge is 0.135 e. The maximum atomic E-state index is 11.1. The predicted octanol–water partition coefficient (Wildman–Crippen LogP) is -1.16. The molecule has 0 aromatic heterocycles. The number of aliphatic hydroxyl groups is 3. The Labute approximate surface area is 82.3 Å². The lowest BCUT2D eigenvalue weighted by atomic mass is 10.0. The predicted molar refractivity (Wildman–Crippen MR) is 47.7 cm³/mol. The summed E-state index contributed by atoms with van der Waals surface area (Å²) in [5, 5.41) is 27.6. The minimum atomic E-state index is -1.10. The topological polar surface area (TPSA) is 87.0 Å². The summed E-state index contributed by atoms with van der Waals surface area (Å²) in [6.07, 6.45) is -3.18. The third-order valence-electron chi connectivity index (χ3n) is 2.46. The van der Waals surface area contributed by atoms with Crippen molar-refractivity contribution in [2.24, 2.45) is 0 Å².